The second-order valence-corrected chi connectivity index (χ2v) is 6.78. The molecule has 0 bridgehead atoms. The summed E-state index contributed by atoms with van der Waals surface area (Å²) in [6.07, 6.45) is 3.66. The molecule has 7 heteroatoms. The Balaban J connectivity index is 1.74. The molecular formula is C17H20N4O2S. The van der Waals surface area contributed by atoms with Gasteiger partial charge in [-0.1, -0.05) is 6.07 Å². The van der Waals surface area contributed by atoms with Crippen LogP contribution in [-0.4, -0.2) is 33.2 Å². The molecule has 0 spiro atoms. The summed E-state index contributed by atoms with van der Waals surface area (Å²) in [5, 5.41) is 2.75. The average Bonchev–Trinajstić information content (AvgIpc) is 3.21. The van der Waals surface area contributed by atoms with Crippen molar-refractivity contribution in [1.82, 2.24) is 20.2 Å². The van der Waals surface area contributed by atoms with Crippen LogP contribution in [0, 0.1) is 6.92 Å². The molecule has 3 rings (SSSR count). The number of aryl methyl sites for hydroxylation is 1. The molecule has 1 saturated heterocycles. The summed E-state index contributed by atoms with van der Waals surface area (Å²) >= 11 is 1.39. The summed E-state index contributed by atoms with van der Waals surface area (Å²) in [6, 6.07) is 3.92. The van der Waals surface area contributed by atoms with E-state index in [0.717, 1.165) is 36.3 Å². The first-order chi connectivity index (χ1) is 11.6. The van der Waals surface area contributed by atoms with E-state index in [1.54, 1.807) is 11.7 Å². The van der Waals surface area contributed by atoms with E-state index >= 15 is 0 Å². The van der Waals surface area contributed by atoms with Crippen LogP contribution < -0.4 is 5.32 Å². The van der Waals surface area contributed by atoms with Crippen LogP contribution in [0.3, 0.4) is 0 Å². The number of carbonyl (C=O) groups is 2. The lowest BCUT2D eigenvalue weighted by Gasteiger charge is -2.24. The lowest BCUT2D eigenvalue weighted by molar-refractivity contribution is -0.119. The number of hydrogen-bond donors (Lipinski definition) is 1. The Hall–Kier alpha value is -2.28. The van der Waals surface area contributed by atoms with Crippen molar-refractivity contribution < 1.29 is 9.59 Å². The number of aromatic nitrogens is 2. The van der Waals surface area contributed by atoms with Crippen molar-refractivity contribution >= 4 is 23.2 Å². The molecule has 126 valence electrons. The first-order valence-electron chi connectivity index (χ1n) is 7.96. The highest BCUT2D eigenvalue weighted by Crippen LogP contribution is 2.33. The standard InChI is InChI=1S/C17H20N4O2S/c1-11-16(24-10-20-11)17(23)21-7-3-4-15(21)14-6-5-13(9-19-14)8-18-12(2)22/h5-6,9-10,15H,3-4,7-8H2,1-2H3,(H,18,22)/t15-/m0/s1. The summed E-state index contributed by atoms with van der Waals surface area (Å²) in [4.78, 5) is 35.1. The van der Waals surface area contributed by atoms with Crippen LogP contribution in [-0.2, 0) is 11.3 Å². The van der Waals surface area contributed by atoms with Gasteiger partial charge >= 0.3 is 0 Å². The molecular weight excluding hydrogens is 324 g/mol. The maximum absolute atomic E-state index is 12.8. The normalized spacial score (nSPS) is 17.1. The van der Waals surface area contributed by atoms with Crippen LogP contribution in [0.5, 0.6) is 0 Å². The maximum Gasteiger partial charge on any atom is 0.266 e. The first kappa shape index (κ1) is 16.6. The molecule has 0 aromatic carbocycles. The third-order valence-corrected chi connectivity index (χ3v) is 5.10. The van der Waals surface area contributed by atoms with Crippen LogP contribution in [0.15, 0.2) is 23.8 Å². The summed E-state index contributed by atoms with van der Waals surface area (Å²) in [6.45, 7) is 4.57. The predicted octanol–water partition coefficient (Wildman–Crippen LogP) is 2.46. The Morgan fingerprint density at radius 2 is 2.21 bits per heavy atom. The molecule has 3 heterocycles. The largest absolute Gasteiger partial charge is 0.352 e. The van der Waals surface area contributed by atoms with Crippen LogP contribution >= 0.6 is 11.3 Å². The molecule has 0 unspecified atom stereocenters. The molecule has 6 nitrogen and oxygen atoms in total. The van der Waals surface area contributed by atoms with Crippen molar-refractivity contribution in [1.29, 1.82) is 0 Å². The Morgan fingerprint density at radius 1 is 1.38 bits per heavy atom. The summed E-state index contributed by atoms with van der Waals surface area (Å²) in [5.41, 5.74) is 4.34. The third-order valence-electron chi connectivity index (χ3n) is 4.18. The van der Waals surface area contributed by atoms with Crippen molar-refractivity contribution in [3.05, 3.63) is 45.7 Å². The molecule has 1 aliphatic rings. The number of likely N-dealkylation sites (tertiary alicyclic amines) is 1. The van der Waals surface area contributed by atoms with E-state index in [4.69, 9.17) is 0 Å². The zero-order chi connectivity index (χ0) is 17.1. The van der Waals surface area contributed by atoms with E-state index in [9.17, 15) is 9.59 Å². The number of rotatable bonds is 4. The molecule has 2 aromatic heterocycles. The van der Waals surface area contributed by atoms with E-state index in [1.807, 2.05) is 24.0 Å². The highest BCUT2D eigenvalue weighted by atomic mass is 32.1. The van der Waals surface area contributed by atoms with Gasteiger partial charge in [0, 0.05) is 26.2 Å². The van der Waals surface area contributed by atoms with Gasteiger partial charge in [0.25, 0.3) is 5.91 Å². The molecule has 1 atom stereocenters. The van der Waals surface area contributed by atoms with E-state index in [1.165, 1.54) is 18.3 Å². The second kappa shape index (κ2) is 7.09. The lowest BCUT2D eigenvalue weighted by atomic mass is 10.1. The van der Waals surface area contributed by atoms with E-state index in [-0.39, 0.29) is 17.9 Å². The van der Waals surface area contributed by atoms with Gasteiger partial charge in [0.2, 0.25) is 5.91 Å². The van der Waals surface area contributed by atoms with Crippen molar-refractivity contribution in [2.75, 3.05) is 6.54 Å². The predicted molar refractivity (Wildman–Crippen MR) is 91.6 cm³/mol. The lowest BCUT2D eigenvalue weighted by Crippen LogP contribution is -2.31. The van der Waals surface area contributed by atoms with Gasteiger partial charge in [0.1, 0.15) is 4.88 Å². The van der Waals surface area contributed by atoms with Gasteiger partial charge in [-0.05, 0) is 31.4 Å². The number of amides is 2. The molecule has 0 saturated carbocycles. The number of carbonyl (C=O) groups excluding carboxylic acids is 2. The summed E-state index contributed by atoms with van der Waals surface area (Å²) in [5.74, 6) is -0.0202. The van der Waals surface area contributed by atoms with E-state index in [0.29, 0.717) is 11.4 Å². The molecule has 0 aliphatic carbocycles. The zero-order valence-electron chi connectivity index (χ0n) is 13.8. The van der Waals surface area contributed by atoms with Gasteiger partial charge in [-0.3, -0.25) is 14.6 Å². The van der Waals surface area contributed by atoms with Crippen LogP contribution in [0.4, 0.5) is 0 Å². The van der Waals surface area contributed by atoms with Crippen LogP contribution in [0.2, 0.25) is 0 Å². The Bertz CT molecular complexity index is 741. The zero-order valence-corrected chi connectivity index (χ0v) is 14.6. The Kier molecular flexibility index (Phi) is 4.89. The van der Waals surface area contributed by atoms with Crippen LogP contribution in [0.25, 0.3) is 0 Å². The van der Waals surface area contributed by atoms with Gasteiger partial charge in [-0.15, -0.1) is 11.3 Å². The minimum absolute atomic E-state index is 0.00816. The van der Waals surface area contributed by atoms with E-state index < -0.39 is 0 Å². The summed E-state index contributed by atoms with van der Waals surface area (Å²) < 4.78 is 0. The number of hydrogen-bond acceptors (Lipinski definition) is 5. The van der Waals surface area contributed by atoms with E-state index in [2.05, 4.69) is 15.3 Å². The molecule has 1 N–H and O–H groups in total. The van der Waals surface area contributed by atoms with Crippen molar-refractivity contribution in [2.24, 2.45) is 0 Å². The van der Waals surface area contributed by atoms with Crippen molar-refractivity contribution in [2.45, 2.75) is 39.3 Å². The Labute approximate surface area is 144 Å². The highest BCUT2D eigenvalue weighted by molar-refractivity contribution is 7.11. The first-order valence-corrected chi connectivity index (χ1v) is 8.84. The fourth-order valence-electron chi connectivity index (χ4n) is 2.92. The summed E-state index contributed by atoms with van der Waals surface area (Å²) in [7, 11) is 0. The molecule has 1 fully saturated rings. The molecule has 0 radical (unpaired) electrons. The Morgan fingerprint density at radius 3 is 2.83 bits per heavy atom. The average molecular weight is 344 g/mol. The minimum Gasteiger partial charge on any atom is -0.352 e. The maximum atomic E-state index is 12.8. The molecule has 1 aliphatic heterocycles. The van der Waals surface area contributed by atoms with Crippen molar-refractivity contribution in [3.8, 4) is 0 Å². The smallest absolute Gasteiger partial charge is 0.266 e. The number of nitrogens with one attached hydrogen (secondary N) is 1. The molecule has 2 amide bonds. The highest BCUT2D eigenvalue weighted by Gasteiger charge is 2.32. The van der Waals surface area contributed by atoms with Crippen LogP contribution in [0.1, 0.15) is 52.4 Å². The third kappa shape index (κ3) is 3.46. The van der Waals surface area contributed by atoms with Crippen molar-refractivity contribution in [3.63, 3.8) is 0 Å². The number of pyridine rings is 1. The topological polar surface area (TPSA) is 75.2 Å². The fourth-order valence-corrected chi connectivity index (χ4v) is 3.68. The fraction of sp³-hybridized carbons (Fsp3) is 0.412. The number of nitrogens with zero attached hydrogens (tertiary/aromatic N) is 3. The second-order valence-electron chi connectivity index (χ2n) is 5.92. The minimum atomic E-state index is -0.0634. The van der Waals surface area contributed by atoms with Gasteiger partial charge in [-0.25, -0.2) is 4.98 Å². The van der Waals surface area contributed by atoms with Gasteiger partial charge in [0.15, 0.2) is 0 Å². The quantitative estimate of drug-likeness (QED) is 0.924. The van der Waals surface area contributed by atoms with Gasteiger partial charge in [-0.2, -0.15) is 0 Å². The monoisotopic (exact) mass is 344 g/mol. The van der Waals surface area contributed by atoms with Gasteiger partial charge in [0.05, 0.1) is 22.9 Å². The van der Waals surface area contributed by atoms with Gasteiger partial charge < -0.3 is 10.2 Å². The molecule has 24 heavy (non-hydrogen) atoms. The SMILES string of the molecule is CC(=O)NCc1ccc([C@@H]2CCCN2C(=O)c2scnc2C)nc1. The molecule has 2 aromatic rings. The number of thiazole rings is 1.